The molecule has 1 fully saturated rings. The van der Waals surface area contributed by atoms with Crippen molar-refractivity contribution in [1.29, 1.82) is 0 Å². The Bertz CT molecular complexity index is 601. The number of rotatable bonds is 2. The van der Waals surface area contributed by atoms with Crippen LogP contribution in [0.1, 0.15) is 17.0 Å². The highest BCUT2D eigenvalue weighted by Gasteiger charge is 2.38. The number of fused-ring (bicyclic) bond motifs is 3. The molecule has 0 aliphatic carbocycles. The summed E-state index contributed by atoms with van der Waals surface area (Å²) in [4.78, 5) is 2.57. The van der Waals surface area contributed by atoms with Gasteiger partial charge in [0.15, 0.2) is 0 Å². The second kappa shape index (κ2) is 6.08. The highest BCUT2D eigenvalue weighted by Crippen LogP contribution is 2.41. The SMILES string of the molecule is Cl.c1ccc(CN2C[C@@H]3COc4ccccc4[C@H]3C2)cc1. The molecular weight excluding hydrogens is 282 g/mol. The molecule has 2 nitrogen and oxygen atoms in total. The standard InChI is InChI=1S/C18H19NO.ClH/c1-2-6-14(7-3-1)10-19-11-15-13-20-18-9-5-4-8-16(18)17(15)12-19;/h1-9,15,17H,10-13H2;1H/t15-,17+;/m1./s1. The summed E-state index contributed by atoms with van der Waals surface area (Å²) < 4.78 is 5.91. The number of nitrogens with zero attached hydrogens (tertiary/aromatic N) is 1. The summed E-state index contributed by atoms with van der Waals surface area (Å²) >= 11 is 0. The molecule has 0 saturated carbocycles. The van der Waals surface area contributed by atoms with Gasteiger partial charge in [-0.1, -0.05) is 48.5 Å². The lowest BCUT2D eigenvalue weighted by atomic mass is 9.87. The molecule has 0 bridgehead atoms. The molecular formula is C18H20ClNO. The summed E-state index contributed by atoms with van der Waals surface area (Å²) in [5, 5.41) is 0. The van der Waals surface area contributed by atoms with E-state index in [1.165, 1.54) is 11.1 Å². The molecule has 0 unspecified atom stereocenters. The molecule has 0 aromatic heterocycles. The van der Waals surface area contributed by atoms with Gasteiger partial charge in [-0.3, -0.25) is 4.90 Å². The zero-order valence-electron chi connectivity index (χ0n) is 11.9. The Kier molecular flexibility index (Phi) is 4.18. The Morgan fingerprint density at radius 1 is 0.952 bits per heavy atom. The molecule has 2 atom stereocenters. The molecule has 1 saturated heterocycles. The molecule has 2 aromatic carbocycles. The Labute approximate surface area is 132 Å². The Hall–Kier alpha value is -1.51. The van der Waals surface area contributed by atoms with Crippen molar-refractivity contribution in [1.82, 2.24) is 4.90 Å². The van der Waals surface area contributed by atoms with Gasteiger partial charge in [0, 0.05) is 31.5 Å². The van der Waals surface area contributed by atoms with Crippen LogP contribution >= 0.6 is 12.4 Å². The number of ether oxygens (including phenoxy) is 1. The number of halogens is 1. The number of likely N-dealkylation sites (tertiary alicyclic amines) is 1. The van der Waals surface area contributed by atoms with Crippen LogP contribution in [0.25, 0.3) is 0 Å². The van der Waals surface area contributed by atoms with Crippen molar-refractivity contribution in [3.8, 4) is 5.75 Å². The Morgan fingerprint density at radius 3 is 2.57 bits per heavy atom. The van der Waals surface area contributed by atoms with Crippen LogP contribution in [0, 0.1) is 5.92 Å². The van der Waals surface area contributed by atoms with E-state index in [9.17, 15) is 0 Å². The maximum atomic E-state index is 5.91. The van der Waals surface area contributed by atoms with E-state index < -0.39 is 0 Å². The van der Waals surface area contributed by atoms with E-state index in [0.717, 1.165) is 32.0 Å². The minimum absolute atomic E-state index is 0. The van der Waals surface area contributed by atoms with Gasteiger partial charge in [-0.15, -0.1) is 12.4 Å². The fourth-order valence-electron chi connectivity index (χ4n) is 3.57. The predicted molar refractivity (Wildman–Crippen MR) is 87.1 cm³/mol. The summed E-state index contributed by atoms with van der Waals surface area (Å²) in [5.74, 6) is 2.38. The zero-order chi connectivity index (χ0) is 13.4. The van der Waals surface area contributed by atoms with Crippen molar-refractivity contribution in [3.63, 3.8) is 0 Å². The van der Waals surface area contributed by atoms with Crippen LogP contribution in [0.2, 0.25) is 0 Å². The fraction of sp³-hybridized carbons (Fsp3) is 0.333. The van der Waals surface area contributed by atoms with E-state index in [0.29, 0.717) is 11.8 Å². The number of hydrogen-bond acceptors (Lipinski definition) is 2. The van der Waals surface area contributed by atoms with Crippen LogP contribution in [-0.4, -0.2) is 24.6 Å². The van der Waals surface area contributed by atoms with Gasteiger partial charge in [0.1, 0.15) is 5.75 Å². The van der Waals surface area contributed by atoms with Crippen LogP contribution in [0.15, 0.2) is 54.6 Å². The third kappa shape index (κ3) is 2.78. The fourth-order valence-corrected chi connectivity index (χ4v) is 3.57. The van der Waals surface area contributed by atoms with E-state index >= 15 is 0 Å². The summed E-state index contributed by atoms with van der Waals surface area (Å²) in [6, 6.07) is 19.3. The molecule has 2 heterocycles. The van der Waals surface area contributed by atoms with E-state index in [1.807, 2.05) is 0 Å². The van der Waals surface area contributed by atoms with Gasteiger partial charge in [-0.05, 0) is 17.2 Å². The van der Waals surface area contributed by atoms with Gasteiger partial charge in [-0.2, -0.15) is 0 Å². The highest BCUT2D eigenvalue weighted by atomic mass is 35.5. The lowest BCUT2D eigenvalue weighted by molar-refractivity contribution is 0.212. The number of para-hydroxylation sites is 1. The van der Waals surface area contributed by atoms with Crippen LogP contribution < -0.4 is 4.74 Å². The van der Waals surface area contributed by atoms with Crippen molar-refractivity contribution >= 4 is 12.4 Å². The summed E-state index contributed by atoms with van der Waals surface area (Å²) in [6.45, 7) is 4.22. The maximum Gasteiger partial charge on any atom is 0.122 e. The lowest BCUT2D eigenvalue weighted by Gasteiger charge is -2.27. The highest BCUT2D eigenvalue weighted by molar-refractivity contribution is 5.85. The molecule has 0 amide bonds. The van der Waals surface area contributed by atoms with Crippen molar-refractivity contribution in [3.05, 3.63) is 65.7 Å². The maximum absolute atomic E-state index is 5.91. The third-order valence-corrected chi connectivity index (χ3v) is 4.54. The first kappa shape index (κ1) is 14.4. The smallest absolute Gasteiger partial charge is 0.122 e. The van der Waals surface area contributed by atoms with Crippen molar-refractivity contribution in [2.75, 3.05) is 19.7 Å². The van der Waals surface area contributed by atoms with Crippen LogP contribution in [0.3, 0.4) is 0 Å². The van der Waals surface area contributed by atoms with E-state index in [2.05, 4.69) is 59.5 Å². The number of hydrogen-bond donors (Lipinski definition) is 0. The molecule has 21 heavy (non-hydrogen) atoms. The first-order valence-electron chi connectivity index (χ1n) is 7.38. The van der Waals surface area contributed by atoms with Crippen molar-refractivity contribution in [2.45, 2.75) is 12.5 Å². The van der Waals surface area contributed by atoms with Gasteiger partial charge in [0.2, 0.25) is 0 Å². The molecule has 0 N–H and O–H groups in total. The third-order valence-electron chi connectivity index (χ3n) is 4.54. The van der Waals surface area contributed by atoms with E-state index in [4.69, 9.17) is 4.74 Å². The Balaban J connectivity index is 0.00000132. The summed E-state index contributed by atoms with van der Waals surface area (Å²) in [7, 11) is 0. The molecule has 2 aliphatic heterocycles. The summed E-state index contributed by atoms with van der Waals surface area (Å²) in [5.41, 5.74) is 2.81. The molecule has 0 radical (unpaired) electrons. The average molecular weight is 302 g/mol. The van der Waals surface area contributed by atoms with Gasteiger partial charge < -0.3 is 4.74 Å². The molecule has 3 heteroatoms. The second-order valence-electron chi connectivity index (χ2n) is 5.90. The largest absolute Gasteiger partial charge is 0.493 e. The Morgan fingerprint density at radius 2 is 1.71 bits per heavy atom. The zero-order valence-corrected chi connectivity index (χ0v) is 12.8. The molecule has 0 spiro atoms. The van der Waals surface area contributed by atoms with E-state index in [1.54, 1.807) is 0 Å². The predicted octanol–water partition coefficient (Wildman–Crippen LogP) is 3.72. The van der Waals surface area contributed by atoms with Gasteiger partial charge in [0.25, 0.3) is 0 Å². The quantitative estimate of drug-likeness (QED) is 0.838. The minimum Gasteiger partial charge on any atom is -0.493 e. The monoisotopic (exact) mass is 301 g/mol. The van der Waals surface area contributed by atoms with E-state index in [-0.39, 0.29) is 12.4 Å². The van der Waals surface area contributed by atoms with Crippen molar-refractivity contribution < 1.29 is 4.74 Å². The molecule has 2 aromatic rings. The van der Waals surface area contributed by atoms with Crippen LogP contribution in [0.5, 0.6) is 5.75 Å². The lowest BCUT2D eigenvalue weighted by Crippen LogP contribution is -2.24. The first-order chi connectivity index (χ1) is 9.90. The average Bonchev–Trinajstić information content (AvgIpc) is 2.91. The van der Waals surface area contributed by atoms with Gasteiger partial charge >= 0.3 is 0 Å². The molecule has 2 aliphatic rings. The molecule has 110 valence electrons. The minimum atomic E-state index is 0. The normalized spacial score (nSPS) is 23.6. The van der Waals surface area contributed by atoms with Crippen LogP contribution in [-0.2, 0) is 6.54 Å². The first-order valence-corrected chi connectivity index (χ1v) is 7.38. The van der Waals surface area contributed by atoms with Gasteiger partial charge in [-0.25, -0.2) is 0 Å². The second-order valence-corrected chi connectivity index (χ2v) is 5.90. The molecule has 4 rings (SSSR count). The topological polar surface area (TPSA) is 12.5 Å². The van der Waals surface area contributed by atoms with Crippen molar-refractivity contribution in [2.24, 2.45) is 5.92 Å². The summed E-state index contributed by atoms with van der Waals surface area (Å²) in [6.07, 6.45) is 0. The van der Waals surface area contributed by atoms with Gasteiger partial charge in [0.05, 0.1) is 6.61 Å². The van der Waals surface area contributed by atoms with Crippen LogP contribution in [0.4, 0.5) is 0 Å². The number of benzene rings is 2.